The van der Waals surface area contributed by atoms with Crippen molar-refractivity contribution in [1.29, 1.82) is 0 Å². The summed E-state index contributed by atoms with van der Waals surface area (Å²) in [6.07, 6.45) is 1.76. The maximum atomic E-state index is 13.4. The Morgan fingerprint density at radius 2 is 1.32 bits per heavy atom. The molecule has 2 aromatic heterocycles. The summed E-state index contributed by atoms with van der Waals surface area (Å²) in [5, 5.41) is 11.6. The molecule has 3 N–H and O–H groups in total. The summed E-state index contributed by atoms with van der Waals surface area (Å²) in [6.45, 7) is 3.46. The average molecular weight is 556 g/mol. The van der Waals surface area contributed by atoms with Gasteiger partial charge in [0.2, 0.25) is 17.8 Å². The highest BCUT2D eigenvalue weighted by molar-refractivity contribution is 6.31. The van der Waals surface area contributed by atoms with Crippen LogP contribution in [0.4, 0.5) is 45.0 Å². The van der Waals surface area contributed by atoms with Gasteiger partial charge in [-0.15, -0.1) is 0 Å². The minimum atomic E-state index is -0.305. The molecule has 1 aliphatic heterocycles. The molecule has 11 heteroatoms. The van der Waals surface area contributed by atoms with Crippen molar-refractivity contribution in [3.8, 4) is 0 Å². The maximum Gasteiger partial charge on any atom is 0.233 e. The highest BCUT2D eigenvalue weighted by Gasteiger charge is 2.19. The van der Waals surface area contributed by atoms with Crippen molar-refractivity contribution in [2.45, 2.75) is 0 Å². The van der Waals surface area contributed by atoms with Crippen LogP contribution >= 0.6 is 11.6 Å². The number of piperazine rings is 1. The summed E-state index contributed by atoms with van der Waals surface area (Å²) in [6, 6.07) is 21.5. The quantitative estimate of drug-likeness (QED) is 0.217. The van der Waals surface area contributed by atoms with Gasteiger partial charge < -0.3 is 25.8 Å². The number of pyridine rings is 1. The van der Waals surface area contributed by atoms with Crippen LogP contribution in [0.1, 0.15) is 0 Å². The van der Waals surface area contributed by atoms with E-state index in [9.17, 15) is 4.39 Å². The first-order valence-corrected chi connectivity index (χ1v) is 13.3. The van der Waals surface area contributed by atoms with Gasteiger partial charge in [0.1, 0.15) is 5.82 Å². The fourth-order valence-electron chi connectivity index (χ4n) is 4.44. The predicted molar refractivity (Wildman–Crippen MR) is 159 cm³/mol. The fourth-order valence-corrected chi connectivity index (χ4v) is 4.60. The molecule has 40 heavy (non-hydrogen) atoms. The van der Waals surface area contributed by atoms with Gasteiger partial charge in [0.25, 0.3) is 0 Å². The Labute approximate surface area is 236 Å². The van der Waals surface area contributed by atoms with E-state index in [-0.39, 0.29) is 5.82 Å². The van der Waals surface area contributed by atoms with E-state index in [4.69, 9.17) is 16.6 Å². The van der Waals surface area contributed by atoms with Gasteiger partial charge in [0.15, 0.2) is 0 Å². The Kier molecular flexibility index (Phi) is 7.26. The lowest BCUT2D eigenvalue weighted by Crippen LogP contribution is -2.45. The molecule has 1 aliphatic rings. The van der Waals surface area contributed by atoms with E-state index >= 15 is 0 Å². The summed E-state index contributed by atoms with van der Waals surface area (Å²) in [4.78, 5) is 22.8. The van der Waals surface area contributed by atoms with E-state index in [1.54, 1.807) is 18.3 Å². The standard InChI is InChI=1S/C29H27ClFN9/c1-39-14-16-40(17-15-39)29-37-27(34-22-5-3-20(31)4-6-22)36-28(38-29)35-23-9-7-21(8-10-23)33-25-12-13-32-26-18-19(30)2-11-24(25)26/h2-13,18H,14-17H2,1H3,(H,32,33)(H2,34,35,36,37,38). The number of halogens is 2. The van der Waals surface area contributed by atoms with Gasteiger partial charge in [0, 0.05) is 65.5 Å². The molecular formula is C29H27ClFN9. The number of anilines is 7. The second-order valence-corrected chi connectivity index (χ2v) is 9.99. The van der Waals surface area contributed by atoms with Crippen LogP contribution in [0.2, 0.25) is 5.02 Å². The molecular weight excluding hydrogens is 529 g/mol. The van der Waals surface area contributed by atoms with Crippen molar-refractivity contribution < 1.29 is 4.39 Å². The summed E-state index contributed by atoms with van der Waals surface area (Å²) in [7, 11) is 2.10. The first kappa shape index (κ1) is 25.7. The van der Waals surface area contributed by atoms with Crippen LogP contribution in [0.3, 0.4) is 0 Å². The third-order valence-electron chi connectivity index (χ3n) is 6.63. The number of benzene rings is 3. The number of nitrogens with zero attached hydrogens (tertiary/aromatic N) is 6. The highest BCUT2D eigenvalue weighted by Crippen LogP contribution is 2.28. The summed E-state index contributed by atoms with van der Waals surface area (Å²) < 4.78 is 13.4. The van der Waals surface area contributed by atoms with E-state index in [0.29, 0.717) is 28.6 Å². The Bertz CT molecular complexity index is 1620. The summed E-state index contributed by atoms with van der Waals surface area (Å²) in [5.74, 6) is 1.06. The molecule has 0 unspecified atom stereocenters. The van der Waals surface area contributed by atoms with Crippen molar-refractivity contribution in [3.63, 3.8) is 0 Å². The molecule has 202 valence electrons. The molecule has 9 nitrogen and oxygen atoms in total. The largest absolute Gasteiger partial charge is 0.355 e. The van der Waals surface area contributed by atoms with Gasteiger partial charge in [-0.25, -0.2) is 4.39 Å². The van der Waals surface area contributed by atoms with E-state index in [1.165, 1.54) is 12.1 Å². The molecule has 3 heterocycles. The average Bonchev–Trinajstić information content (AvgIpc) is 2.95. The Morgan fingerprint density at radius 3 is 1.98 bits per heavy atom. The lowest BCUT2D eigenvalue weighted by Gasteiger charge is -2.32. The normalized spacial score (nSPS) is 13.8. The number of hydrogen-bond acceptors (Lipinski definition) is 9. The van der Waals surface area contributed by atoms with Gasteiger partial charge >= 0.3 is 0 Å². The second kappa shape index (κ2) is 11.3. The maximum absolute atomic E-state index is 13.4. The molecule has 5 aromatic rings. The van der Waals surface area contributed by atoms with Crippen LogP contribution in [0, 0.1) is 5.82 Å². The number of aromatic nitrogens is 4. The van der Waals surface area contributed by atoms with Crippen molar-refractivity contribution >= 4 is 63.1 Å². The number of likely N-dealkylation sites (N-methyl/N-ethyl adjacent to an activating group) is 1. The molecule has 0 atom stereocenters. The zero-order valence-electron chi connectivity index (χ0n) is 21.8. The van der Waals surface area contributed by atoms with Gasteiger partial charge in [-0.3, -0.25) is 4.98 Å². The number of nitrogens with one attached hydrogen (secondary N) is 3. The number of fused-ring (bicyclic) bond motifs is 1. The van der Waals surface area contributed by atoms with Gasteiger partial charge in [-0.1, -0.05) is 11.6 Å². The highest BCUT2D eigenvalue weighted by atomic mass is 35.5. The molecule has 0 saturated carbocycles. The van der Waals surface area contributed by atoms with Crippen molar-refractivity contribution in [2.24, 2.45) is 0 Å². The minimum Gasteiger partial charge on any atom is -0.355 e. The van der Waals surface area contributed by atoms with E-state index < -0.39 is 0 Å². The lowest BCUT2D eigenvalue weighted by molar-refractivity contribution is 0.311. The van der Waals surface area contributed by atoms with Crippen LogP contribution in [-0.2, 0) is 0 Å². The van der Waals surface area contributed by atoms with Crippen LogP contribution in [0.15, 0.2) is 79.0 Å². The van der Waals surface area contributed by atoms with Crippen LogP contribution in [0.5, 0.6) is 0 Å². The van der Waals surface area contributed by atoms with E-state index in [1.807, 2.05) is 48.5 Å². The second-order valence-electron chi connectivity index (χ2n) is 9.55. The smallest absolute Gasteiger partial charge is 0.233 e. The van der Waals surface area contributed by atoms with Gasteiger partial charge in [-0.2, -0.15) is 15.0 Å². The van der Waals surface area contributed by atoms with Crippen LogP contribution in [0.25, 0.3) is 10.9 Å². The fraction of sp³-hybridized carbons (Fsp3) is 0.172. The lowest BCUT2D eigenvalue weighted by atomic mass is 10.2. The molecule has 0 spiro atoms. The predicted octanol–water partition coefficient (Wildman–Crippen LogP) is 6.19. The minimum absolute atomic E-state index is 0.305. The Hall–Kier alpha value is -4.54. The van der Waals surface area contributed by atoms with Gasteiger partial charge in [-0.05, 0) is 79.8 Å². The molecule has 6 rings (SSSR count). The van der Waals surface area contributed by atoms with Crippen LogP contribution in [-0.4, -0.2) is 58.1 Å². The molecule has 0 bridgehead atoms. The van der Waals surface area contributed by atoms with Gasteiger partial charge in [0.05, 0.1) is 5.52 Å². The Balaban J connectivity index is 1.22. The zero-order valence-corrected chi connectivity index (χ0v) is 22.5. The van der Waals surface area contributed by atoms with Crippen molar-refractivity contribution in [1.82, 2.24) is 24.8 Å². The first-order chi connectivity index (χ1) is 19.5. The van der Waals surface area contributed by atoms with Crippen LogP contribution < -0.4 is 20.9 Å². The molecule has 1 saturated heterocycles. The third kappa shape index (κ3) is 6.03. The topological polar surface area (TPSA) is 94.1 Å². The van der Waals surface area contributed by atoms with E-state index in [2.05, 4.69) is 47.7 Å². The molecule has 0 aliphatic carbocycles. The molecule has 1 fully saturated rings. The Morgan fingerprint density at radius 1 is 0.725 bits per heavy atom. The zero-order chi connectivity index (χ0) is 27.5. The monoisotopic (exact) mass is 555 g/mol. The van der Waals surface area contributed by atoms with E-state index in [0.717, 1.165) is 54.1 Å². The van der Waals surface area contributed by atoms with Crippen molar-refractivity contribution in [2.75, 3.05) is 54.1 Å². The summed E-state index contributed by atoms with van der Waals surface area (Å²) in [5.41, 5.74) is 4.19. The molecule has 3 aromatic carbocycles. The number of hydrogen-bond donors (Lipinski definition) is 3. The summed E-state index contributed by atoms with van der Waals surface area (Å²) >= 11 is 6.13. The van der Waals surface area contributed by atoms with Crippen molar-refractivity contribution in [3.05, 3.63) is 89.8 Å². The first-order valence-electron chi connectivity index (χ1n) is 12.9. The number of rotatable bonds is 7. The third-order valence-corrected chi connectivity index (χ3v) is 6.87. The molecule has 0 radical (unpaired) electrons. The SMILES string of the molecule is CN1CCN(c2nc(Nc3ccc(F)cc3)nc(Nc3ccc(Nc4ccnc5cc(Cl)ccc45)cc3)n2)CC1. The molecule has 0 amide bonds.